The normalized spacial score (nSPS) is 14.2. The van der Waals surface area contributed by atoms with Crippen LogP contribution in [0.1, 0.15) is 37.7 Å². The number of rotatable bonds is 4. The second-order valence-electron chi connectivity index (χ2n) is 7.91. The summed E-state index contributed by atoms with van der Waals surface area (Å²) in [6, 6.07) is 17.3. The molecule has 170 valence electrons. The molecule has 1 aliphatic rings. The molecule has 0 spiro atoms. The summed E-state index contributed by atoms with van der Waals surface area (Å²) in [6.45, 7) is 12.3. The highest BCUT2D eigenvalue weighted by Gasteiger charge is 2.14. The van der Waals surface area contributed by atoms with Crippen LogP contribution in [-0.2, 0) is 0 Å². The maximum atomic E-state index is 4.71. The molecule has 1 aliphatic heterocycles. The smallest absolute Gasteiger partial charge is 0.137 e. The molecule has 4 heterocycles. The molecule has 0 unspecified atom stereocenters. The van der Waals surface area contributed by atoms with Gasteiger partial charge in [-0.05, 0) is 55.3 Å². The lowest BCUT2D eigenvalue weighted by atomic mass is 10.0. The number of pyridine rings is 2. The summed E-state index contributed by atoms with van der Waals surface area (Å²) in [7, 11) is 0. The van der Waals surface area contributed by atoms with Crippen molar-refractivity contribution < 1.29 is 0 Å². The first-order valence-electron chi connectivity index (χ1n) is 11.9. The van der Waals surface area contributed by atoms with Gasteiger partial charge >= 0.3 is 0 Å². The van der Waals surface area contributed by atoms with Gasteiger partial charge in [0.1, 0.15) is 5.65 Å². The van der Waals surface area contributed by atoms with Crippen molar-refractivity contribution >= 4 is 16.9 Å². The highest BCUT2D eigenvalue weighted by atomic mass is 15.2. The second-order valence-corrected chi connectivity index (χ2v) is 7.91. The highest BCUT2D eigenvalue weighted by Crippen LogP contribution is 2.29. The SMILES string of the molecule is C/C=C(\c1cccnc1C)c1cnc2cc(-c3ccc(N4CCNCC4)cc3)ccn12.CC. The van der Waals surface area contributed by atoms with Crippen LogP contribution in [0.3, 0.4) is 0 Å². The largest absolute Gasteiger partial charge is 0.369 e. The predicted molar refractivity (Wildman–Crippen MR) is 139 cm³/mol. The van der Waals surface area contributed by atoms with E-state index in [1.165, 1.54) is 16.8 Å². The third kappa shape index (κ3) is 4.69. The summed E-state index contributed by atoms with van der Waals surface area (Å²) < 4.78 is 2.15. The monoisotopic (exact) mass is 439 g/mol. The van der Waals surface area contributed by atoms with E-state index in [4.69, 9.17) is 4.98 Å². The van der Waals surface area contributed by atoms with E-state index in [0.29, 0.717) is 0 Å². The Hall–Kier alpha value is -3.44. The van der Waals surface area contributed by atoms with Crippen molar-refractivity contribution in [1.82, 2.24) is 19.7 Å². The summed E-state index contributed by atoms with van der Waals surface area (Å²) in [5.41, 5.74) is 9.00. The zero-order valence-electron chi connectivity index (χ0n) is 20.0. The summed E-state index contributed by atoms with van der Waals surface area (Å²) in [4.78, 5) is 11.6. The maximum absolute atomic E-state index is 4.71. The molecule has 0 radical (unpaired) electrons. The molecule has 0 amide bonds. The van der Waals surface area contributed by atoms with E-state index in [-0.39, 0.29) is 0 Å². The Balaban J connectivity index is 0.00000126. The summed E-state index contributed by atoms with van der Waals surface area (Å²) in [5, 5.41) is 3.41. The van der Waals surface area contributed by atoms with Crippen molar-refractivity contribution in [2.75, 3.05) is 31.1 Å². The molecule has 1 saturated heterocycles. The number of hydrogen-bond acceptors (Lipinski definition) is 4. The Morgan fingerprint density at radius 2 is 1.73 bits per heavy atom. The Morgan fingerprint density at radius 1 is 0.970 bits per heavy atom. The van der Waals surface area contributed by atoms with Crippen LogP contribution in [0.15, 0.2) is 73.2 Å². The van der Waals surface area contributed by atoms with Gasteiger partial charge in [0, 0.05) is 61.1 Å². The number of fused-ring (bicyclic) bond motifs is 1. The molecular formula is C28H33N5. The van der Waals surface area contributed by atoms with Crippen LogP contribution in [-0.4, -0.2) is 40.5 Å². The van der Waals surface area contributed by atoms with E-state index in [9.17, 15) is 0 Å². The maximum Gasteiger partial charge on any atom is 0.137 e. The van der Waals surface area contributed by atoms with Crippen LogP contribution in [0, 0.1) is 6.92 Å². The first-order valence-corrected chi connectivity index (χ1v) is 11.9. The van der Waals surface area contributed by atoms with E-state index in [1.54, 1.807) is 0 Å². The van der Waals surface area contributed by atoms with E-state index in [2.05, 4.69) is 81.3 Å². The van der Waals surface area contributed by atoms with Gasteiger partial charge in [-0.15, -0.1) is 0 Å². The predicted octanol–water partition coefficient (Wildman–Crippen LogP) is 5.59. The summed E-state index contributed by atoms with van der Waals surface area (Å²) >= 11 is 0. The Bertz CT molecular complexity index is 1230. The van der Waals surface area contributed by atoms with E-state index >= 15 is 0 Å². The van der Waals surface area contributed by atoms with Gasteiger partial charge in [0.15, 0.2) is 0 Å². The molecule has 5 rings (SSSR count). The molecule has 1 aromatic carbocycles. The minimum atomic E-state index is 0.944. The van der Waals surface area contributed by atoms with Gasteiger partial charge < -0.3 is 10.2 Å². The zero-order chi connectivity index (χ0) is 23.2. The molecular weight excluding hydrogens is 406 g/mol. The molecule has 0 aliphatic carbocycles. The fourth-order valence-corrected chi connectivity index (χ4v) is 4.36. The summed E-state index contributed by atoms with van der Waals surface area (Å²) in [6.07, 6.45) is 8.04. The molecule has 0 saturated carbocycles. The fraction of sp³-hybridized carbons (Fsp3) is 0.286. The Labute approximate surface area is 196 Å². The standard InChI is InChI=1S/C26H27N5.C2H6/c1-3-23(24-5-4-11-28-19(24)2)25-18-29-26-17-21(10-14-31(25)26)20-6-8-22(9-7-20)30-15-12-27-13-16-30;1-2/h3-11,14,17-18,27H,12-13,15-16H2,1-2H3;1-2H3/b23-3+;. The van der Waals surface area contributed by atoms with Crippen molar-refractivity contribution in [2.45, 2.75) is 27.7 Å². The van der Waals surface area contributed by atoms with Crippen molar-refractivity contribution in [1.29, 1.82) is 0 Å². The number of nitrogens with one attached hydrogen (secondary N) is 1. The fourth-order valence-electron chi connectivity index (χ4n) is 4.36. The van der Waals surface area contributed by atoms with Crippen LogP contribution in [0.25, 0.3) is 22.3 Å². The van der Waals surface area contributed by atoms with Crippen molar-refractivity contribution in [3.63, 3.8) is 0 Å². The van der Waals surface area contributed by atoms with Crippen molar-refractivity contribution in [3.8, 4) is 11.1 Å². The van der Waals surface area contributed by atoms with Gasteiger partial charge in [0.2, 0.25) is 0 Å². The first kappa shape index (κ1) is 22.7. The summed E-state index contributed by atoms with van der Waals surface area (Å²) in [5.74, 6) is 0. The lowest BCUT2D eigenvalue weighted by molar-refractivity contribution is 0.589. The van der Waals surface area contributed by atoms with Crippen LogP contribution in [0.4, 0.5) is 5.69 Å². The van der Waals surface area contributed by atoms with Gasteiger partial charge in [-0.2, -0.15) is 0 Å². The molecule has 1 N–H and O–H groups in total. The number of imidazole rings is 1. The topological polar surface area (TPSA) is 45.5 Å². The number of allylic oxidation sites excluding steroid dienone is 1. The first-order chi connectivity index (χ1) is 16.2. The molecule has 0 bridgehead atoms. The van der Waals surface area contributed by atoms with E-state index < -0.39 is 0 Å². The molecule has 4 aromatic rings. The molecule has 1 fully saturated rings. The van der Waals surface area contributed by atoms with E-state index in [1.807, 2.05) is 39.2 Å². The minimum Gasteiger partial charge on any atom is -0.369 e. The van der Waals surface area contributed by atoms with Crippen LogP contribution >= 0.6 is 0 Å². The number of aryl methyl sites for hydroxylation is 1. The quantitative estimate of drug-likeness (QED) is 0.450. The molecule has 5 heteroatoms. The average molecular weight is 440 g/mol. The van der Waals surface area contributed by atoms with Gasteiger partial charge in [0.25, 0.3) is 0 Å². The molecule has 33 heavy (non-hydrogen) atoms. The van der Waals surface area contributed by atoms with Crippen LogP contribution < -0.4 is 10.2 Å². The number of piperazine rings is 1. The number of anilines is 1. The molecule has 0 atom stereocenters. The minimum absolute atomic E-state index is 0.944. The van der Waals surface area contributed by atoms with Gasteiger partial charge in [-0.25, -0.2) is 4.98 Å². The van der Waals surface area contributed by atoms with Gasteiger partial charge in [-0.3, -0.25) is 9.38 Å². The van der Waals surface area contributed by atoms with E-state index in [0.717, 1.165) is 54.4 Å². The van der Waals surface area contributed by atoms with Crippen LogP contribution in [0.2, 0.25) is 0 Å². The number of hydrogen-bond donors (Lipinski definition) is 1. The van der Waals surface area contributed by atoms with Crippen LogP contribution in [0.5, 0.6) is 0 Å². The number of benzene rings is 1. The van der Waals surface area contributed by atoms with Gasteiger partial charge in [0.05, 0.1) is 11.9 Å². The number of nitrogens with zero attached hydrogens (tertiary/aromatic N) is 4. The third-order valence-corrected chi connectivity index (χ3v) is 6.06. The molecule has 3 aromatic heterocycles. The Kier molecular flexibility index (Phi) is 7.20. The van der Waals surface area contributed by atoms with Gasteiger partial charge in [-0.1, -0.05) is 38.1 Å². The lowest BCUT2D eigenvalue weighted by Crippen LogP contribution is -2.43. The second kappa shape index (κ2) is 10.5. The number of aromatic nitrogens is 3. The highest BCUT2D eigenvalue weighted by molar-refractivity contribution is 5.80. The van der Waals surface area contributed by atoms with Crippen molar-refractivity contribution in [2.24, 2.45) is 0 Å². The van der Waals surface area contributed by atoms with Crippen molar-refractivity contribution in [3.05, 3.63) is 90.1 Å². The Morgan fingerprint density at radius 3 is 2.42 bits per heavy atom. The average Bonchev–Trinajstić information content (AvgIpc) is 3.30. The lowest BCUT2D eigenvalue weighted by Gasteiger charge is -2.29. The molecule has 5 nitrogen and oxygen atoms in total. The zero-order valence-corrected chi connectivity index (χ0v) is 20.0. The third-order valence-electron chi connectivity index (χ3n) is 6.06.